The highest BCUT2D eigenvalue weighted by atomic mass is 79.9. The molecule has 0 aliphatic heterocycles. The predicted molar refractivity (Wildman–Crippen MR) is 81.7 cm³/mol. The Morgan fingerprint density at radius 2 is 2.00 bits per heavy atom. The molecular weight excluding hydrogens is 342 g/mol. The molecule has 100 valence electrons. The Morgan fingerprint density at radius 1 is 1.15 bits per heavy atom. The van der Waals surface area contributed by atoms with Crippen LogP contribution in [-0.4, -0.2) is 20.2 Å². The van der Waals surface area contributed by atoms with E-state index in [4.69, 9.17) is 17.3 Å². The summed E-state index contributed by atoms with van der Waals surface area (Å²) in [5, 5.41) is 12.4. The highest BCUT2D eigenvalue weighted by molar-refractivity contribution is 9.10. The Kier molecular flexibility index (Phi) is 3.42. The molecule has 0 radical (unpaired) electrons. The number of aromatic nitrogens is 4. The number of nitrogens with two attached hydrogens (primary N) is 1. The van der Waals surface area contributed by atoms with Crippen LogP contribution in [0.1, 0.15) is 0 Å². The van der Waals surface area contributed by atoms with Gasteiger partial charge in [0, 0.05) is 20.7 Å². The lowest BCUT2D eigenvalue weighted by atomic mass is 10.2. The van der Waals surface area contributed by atoms with E-state index in [0.717, 1.165) is 15.7 Å². The average molecular weight is 351 g/mol. The monoisotopic (exact) mass is 349 g/mol. The van der Waals surface area contributed by atoms with Gasteiger partial charge in [-0.2, -0.15) is 4.68 Å². The molecule has 0 atom stereocenters. The van der Waals surface area contributed by atoms with Crippen molar-refractivity contribution in [3.8, 4) is 17.1 Å². The van der Waals surface area contributed by atoms with Gasteiger partial charge in [0.25, 0.3) is 0 Å². The molecule has 0 aliphatic carbocycles. The molecule has 0 amide bonds. The molecule has 0 fully saturated rings. The van der Waals surface area contributed by atoms with Crippen molar-refractivity contribution in [2.45, 2.75) is 0 Å². The molecule has 7 heteroatoms. The van der Waals surface area contributed by atoms with Crippen LogP contribution in [0.4, 0.5) is 5.69 Å². The van der Waals surface area contributed by atoms with Crippen LogP contribution >= 0.6 is 27.5 Å². The third kappa shape index (κ3) is 2.39. The van der Waals surface area contributed by atoms with Crippen molar-refractivity contribution in [3.63, 3.8) is 0 Å². The predicted octanol–water partition coefficient (Wildman–Crippen LogP) is 3.33. The topological polar surface area (TPSA) is 69.6 Å². The minimum absolute atomic E-state index is 0.589. The normalized spacial score (nSPS) is 10.7. The summed E-state index contributed by atoms with van der Waals surface area (Å²) >= 11 is 9.49. The highest BCUT2D eigenvalue weighted by Gasteiger charge is 2.14. The molecule has 0 bridgehead atoms. The molecule has 2 aromatic carbocycles. The summed E-state index contributed by atoms with van der Waals surface area (Å²) in [5.41, 5.74) is 8.07. The second-order valence-corrected chi connectivity index (χ2v) is 5.42. The largest absolute Gasteiger partial charge is 0.399 e. The quantitative estimate of drug-likeness (QED) is 0.720. The van der Waals surface area contributed by atoms with Crippen molar-refractivity contribution in [3.05, 3.63) is 52.0 Å². The van der Waals surface area contributed by atoms with E-state index < -0.39 is 0 Å². The standard InChI is InChI=1S/C13H9BrClN5/c14-12-5-4-9(16)7-11(12)13-17-18-19-20(13)10-3-1-2-8(15)6-10/h1-7H,16H2. The van der Waals surface area contributed by atoms with Crippen molar-refractivity contribution < 1.29 is 0 Å². The van der Waals surface area contributed by atoms with Crippen LogP contribution in [0.25, 0.3) is 17.1 Å². The van der Waals surface area contributed by atoms with E-state index in [2.05, 4.69) is 31.5 Å². The molecule has 0 unspecified atom stereocenters. The molecular formula is C13H9BrClN5. The zero-order valence-electron chi connectivity index (χ0n) is 10.2. The SMILES string of the molecule is Nc1ccc(Br)c(-c2nnnn2-c2cccc(Cl)c2)c1. The number of hydrogen-bond acceptors (Lipinski definition) is 4. The van der Waals surface area contributed by atoms with E-state index in [1.54, 1.807) is 22.9 Å². The second kappa shape index (κ2) is 5.22. The molecule has 0 aliphatic rings. The van der Waals surface area contributed by atoms with Crippen molar-refractivity contribution in [1.82, 2.24) is 20.2 Å². The fourth-order valence-electron chi connectivity index (χ4n) is 1.85. The van der Waals surface area contributed by atoms with Crippen molar-refractivity contribution >= 4 is 33.2 Å². The molecule has 3 aromatic rings. The minimum Gasteiger partial charge on any atom is -0.399 e. The fourth-order valence-corrected chi connectivity index (χ4v) is 2.46. The molecule has 20 heavy (non-hydrogen) atoms. The minimum atomic E-state index is 0.589. The summed E-state index contributed by atoms with van der Waals surface area (Å²) in [6.45, 7) is 0. The van der Waals surface area contributed by atoms with Gasteiger partial charge in [-0.15, -0.1) is 5.10 Å². The molecule has 2 N–H and O–H groups in total. The van der Waals surface area contributed by atoms with Gasteiger partial charge in [-0.05, 0) is 46.8 Å². The maximum Gasteiger partial charge on any atom is 0.188 e. The summed E-state index contributed by atoms with van der Waals surface area (Å²) in [6, 6.07) is 12.8. The van der Waals surface area contributed by atoms with Gasteiger partial charge in [0.1, 0.15) is 0 Å². The van der Waals surface area contributed by atoms with Crippen LogP contribution in [-0.2, 0) is 0 Å². The molecule has 1 aromatic heterocycles. The van der Waals surface area contributed by atoms with E-state index in [9.17, 15) is 0 Å². The van der Waals surface area contributed by atoms with Crippen molar-refractivity contribution in [2.24, 2.45) is 0 Å². The highest BCUT2D eigenvalue weighted by Crippen LogP contribution is 2.29. The maximum absolute atomic E-state index is 6.01. The first-order valence-corrected chi connectivity index (χ1v) is 6.92. The summed E-state index contributed by atoms with van der Waals surface area (Å²) in [6.07, 6.45) is 0. The van der Waals surface area contributed by atoms with Crippen LogP contribution in [0.5, 0.6) is 0 Å². The number of anilines is 1. The van der Waals surface area contributed by atoms with E-state index in [-0.39, 0.29) is 0 Å². The van der Waals surface area contributed by atoms with Crippen LogP contribution in [0, 0.1) is 0 Å². The first-order chi connectivity index (χ1) is 9.65. The Morgan fingerprint density at radius 3 is 2.80 bits per heavy atom. The van der Waals surface area contributed by atoms with Gasteiger partial charge < -0.3 is 5.73 Å². The van der Waals surface area contributed by atoms with E-state index >= 15 is 0 Å². The summed E-state index contributed by atoms with van der Waals surface area (Å²) in [5.74, 6) is 0.589. The molecule has 0 saturated heterocycles. The smallest absolute Gasteiger partial charge is 0.188 e. The third-order valence-electron chi connectivity index (χ3n) is 2.75. The number of hydrogen-bond donors (Lipinski definition) is 1. The van der Waals surface area contributed by atoms with Crippen LogP contribution in [0.3, 0.4) is 0 Å². The molecule has 5 nitrogen and oxygen atoms in total. The first-order valence-electron chi connectivity index (χ1n) is 5.75. The first kappa shape index (κ1) is 13.1. The third-order valence-corrected chi connectivity index (χ3v) is 3.68. The lowest BCUT2D eigenvalue weighted by molar-refractivity contribution is 0.791. The number of halogens is 2. The van der Waals surface area contributed by atoms with Crippen LogP contribution < -0.4 is 5.73 Å². The number of tetrazole rings is 1. The Labute approximate surface area is 128 Å². The van der Waals surface area contributed by atoms with Crippen molar-refractivity contribution in [1.29, 1.82) is 0 Å². The summed E-state index contributed by atoms with van der Waals surface area (Å²) < 4.78 is 2.48. The van der Waals surface area contributed by atoms with Crippen LogP contribution in [0.15, 0.2) is 46.9 Å². The lowest BCUT2D eigenvalue weighted by Gasteiger charge is -2.07. The van der Waals surface area contributed by atoms with Gasteiger partial charge >= 0.3 is 0 Å². The second-order valence-electron chi connectivity index (χ2n) is 4.13. The van der Waals surface area contributed by atoms with Crippen molar-refractivity contribution in [2.75, 3.05) is 5.73 Å². The summed E-state index contributed by atoms with van der Waals surface area (Å²) in [7, 11) is 0. The molecule has 0 saturated carbocycles. The van der Waals surface area contributed by atoms with Gasteiger partial charge in [0.15, 0.2) is 5.82 Å². The van der Waals surface area contributed by atoms with E-state index in [1.165, 1.54) is 0 Å². The molecule has 0 spiro atoms. The zero-order valence-corrected chi connectivity index (χ0v) is 12.5. The number of rotatable bonds is 2. The van der Waals surface area contributed by atoms with E-state index in [0.29, 0.717) is 16.5 Å². The Hall–Kier alpha value is -1.92. The Bertz CT molecular complexity index is 771. The maximum atomic E-state index is 6.01. The van der Waals surface area contributed by atoms with Crippen LogP contribution in [0.2, 0.25) is 5.02 Å². The van der Waals surface area contributed by atoms with Gasteiger partial charge in [-0.1, -0.05) is 33.6 Å². The van der Waals surface area contributed by atoms with Gasteiger partial charge in [0.2, 0.25) is 0 Å². The number of nitrogens with zero attached hydrogens (tertiary/aromatic N) is 4. The van der Waals surface area contributed by atoms with Gasteiger partial charge in [0.05, 0.1) is 5.69 Å². The zero-order chi connectivity index (χ0) is 14.1. The molecule has 3 rings (SSSR count). The van der Waals surface area contributed by atoms with Gasteiger partial charge in [-0.25, -0.2) is 0 Å². The summed E-state index contributed by atoms with van der Waals surface area (Å²) in [4.78, 5) is 0. The van der Waals surface area contributed by atoms with E-state index in [1.807, 2.05) is 24.3 Å². The lowest BCUT2D eigenvalue weighted by Crippen LogP contribution is -2.00. The fraction of sp³-hybridized carbons (Fsp3) is 0. The van der Waals surface area contributed by atoms with Gasteiger partial charge in [-0.3, -0.25) is 0 Å². The number of benzene rings is 2. The average Bonchev–Trinajstić information content (AvgIpc) is 2.90. The molecule has 1 heterocycles. The Balaban J connectivity index is 2.18. The number of nitrogen functional groups attached to an aromatic ring is 1.